The average Bonchev–Trinajstić information content (AvgIpc) is 2.79. The van der Waals surface area contributed by atoms with Gasteiger partial charge in [0.15, 0.2) is 0 Å². The normalized spacial score (nSPS) is 10.2. The highest BCUT2D eigenvalue weighted by molar-refractivity contribution is 7.81. The van der Waals surface area contributed by atoms with E-state index >= 15 is 0 Å². The number of benzene rings is 1. The molecule has 21 heavy (non-hydrogen) atoms. The van der Waals surface area contributed by atoms with Crippen LogP contribution in [0.25, 0.3) is 0 Å². The second-order valence-electron chi connectivity index (χ2n) is 4.27. The van der Waals surface area contributed by atoms with Gasteiger partial charge in [-0.05, 0) is 30.0 Å². The Hall–Kier alpha value is -2.12. The summed E-state index contributed by atoms with van der Waals surface area (Å²) >= 11 is 6.49. The molecule has 3 N–H and O–H groups in total. The third-order valence-corrected chi connectivity index (χ3v) is 4.21. The molecule has 0 aliphatic carbocycles. The summed E-state index contributed by atoms with van der Waals surface area (Å²) in [5.74, 6) is -0.644. The first-order valence-corrected chi connectivity index (χ1v) is 7.22. The Morgan fingerprint density at radius 1 is 1.38 bits per heavy atom. The van der Waals surface area contributed by atoms with E-state index in [0.29, 0.717) is 16.1 Å². The standard InChI is InChI=1S/C14H13NO4S2/c1-7-6-21-12(14(18)19-2)11(7)15-13(20)9-4-3-8(16)5-10(9)17/h3-6,16-17H,1-2H3,(H,15,20). The van der Waals surface area contributed by atoms with Crippen molar-refractivity contribution in [3.05, 3.63) is 39.6 Å². The molecule has 0 aliphatic heterocycles. The molecule has 0 amide bonds. The summed E-state index contributed by atoms with van der Waals surface area (Å²) < 4.78 is 4.72. The number of phenols is 2. The Kier molecular flexibility index (Phi) is 4.44. The van der Waals surface area contributed by atoms with Gasteiger partial charge >= 0.3 is 5.97 Å². The molecule has 0 atom stereocenters. The molecule has 2 rings (SSSR count). The van der Waals surface area contributed by atoms with Gasteiger partial charge in [-0.1, -0.05) is 12.2 Å². The molecule has 0 bridgehead atoms. The quantitative estimate of drug-likeness (QED) is 0.595. The number of carbonyl (C=O) groups excluding carboxylic acids is 1. The van der Waals surface area contributed by atoms with E-state index in [1.807, 2.05) is 12.3 Å². The van der Waals surface area contributed by atoms with Gasteiger partial charge in [-0.25, -0.2) is 4.79 Å². The number of thiocarbonyl (C=S) groups is 1. The van der Waals surface area contributed by atoms with Crippen LogP contribution in [-0.4, -0.2) is 28.3 Å². The molecular formula is C14H13NO4S2. The van der Waals surface area contributed by atoms with Gasteiger partial charge in [-0.3, -0.25) is 0 Å². The molecule has 1 aromatic heterocycles. The van der Waals surface area contributed by atoms with Crippen molar-refractivity contribution >= 4 is 40.2 Å². The highest BCUT2D eigenvalue weighted by Crippen LogP contribution is 2.30. The molecule has 110 valence electrons. The number of carbonyl (C=O) groups is 1. The van der Waals surface area contributed by atoms with E-state index in [2.05, 4.69) is 5.32 Å². The molecule has 0 fully saturated rings. The summed E-state index contributed by atoms with van der Waals surface area (Å²) in [7, 11) is 1.31. The maximum atomic E-state index is 11.7. The van der Waals surface area contributed by atoms with Crippen LogP contribution >= 0.6 is 23.6 Å². The lowest BCUT2D eigenvalue weighted by Crippen LogP contribution is -2.13. The summed E-state index contributed by atoms with van der Waals surface area (Å²) in [6, 6.07) is 4.12. The van der Waals surface area contributed by atoms with Crippen molar-refractivity contribution in [3.8, 4) is 11.5 Å². The van der Waals surface area contributed by atoms with Gasteiger partial charge in [0.05, 0.1) is 18.4 Å². The molecular weight excluding hydrogens is 310 g/mol. The maximum absolute atomic E-state index is 11.7. The van der Waals surface area contributed by atoms with Crippen LogP contribution in [0.3, 0.4) is 0 Å². The average molecular weight is 323 g/mol. The highest BCUT2D eigenvalue weighted by Gasteiger charge is 2.19. The maximum Gasteiger partial charge on any atom is 0.350 e. The minimum Gasteiger partial charge on any atom is -0.508 e. The zero-order valence-electron chi connectivity index (χ0n) is 11.3. The molecule has 7 heteroatoms. The molecule has 1 aromatic carbocycles. The minimum atomic E-state index is -0.451. The van der Waals surface area contributed by atoms with E-state index in [-0.39, 0.29) is 16.5 Å². The number of ether oxygens (including phenoxy) is 1. The van der Waals surface area contributed by atoms with Crippen LogP contribution in [0.15, 0.2) is 23.6 Å². The number of esters is 1. The first kappa shape index (κ1) is 15.3. The number of rotatable bonds is 3. The van der Waals surface area contributed by atoms with E-state index in [1.165, 1.54) is 36.6 Å². The summed E-state index contributed by atoms with van der Waals surface area (Å²) in [5, 5.41) is 23.9. The van der Waals surface area contributed by atoms with Crippen LogP contribution in [-0.2, 0) is 4.74 Å². The predicted molar refractivity (Wildman–Crippen MR) is 85.5 cm³/mol. The van der Waals surface area contributed by atoms with Crippen molar-refractivity contribution in [2.75, 3.05) is 12.4 Å². The molecule has 0 aliphatic rings. The highest BCUT2D eigenvalue weighted by atomic mass is 32.1. The third-order valence-electron chi connectivity index (χ3n) is 2.81. The molecule has 0 spiro atoms. The van der Waals surface area contributed by atoms with Crippen molar-refractivity contribution < 1.29 is 19.7 Å². The molecule has 0 radical (unpaired) electrons. The van der Waals surface area contributed by atoms with Gasteiger partial charge in [0, 0.05) is 6.07 Å². The van der Waals surface area contributed by atoms with Gasteiger partial charge < -0.3 is 20.3 Å². The zero-order valence-corrected chi connectivity index (χ0v) is 13.0. The van der Waals surface area contributed by atoms with Crippen molar-refractivity contribution in [2.24, 2.45) is 0 Å². The number of hydrogen-bond donors (Lipinski definition) is 3. The fourth-order valence-corrected chi connectivity index (χ4v) is 2.93. The number of aromatic hydroxyl groups is 2. The van der Waals surface area contributed by atoms with Crippen LogP contribution in [0.5, 0.6) is 11.5 Å². The Morgan fingerprint density at radius 2 is 2.10 bits per heavy atom. The fourth-order valence-electron chi connectivity index (χ4n) is 1.74. The molecule has 2 aromatic rings. The smallest absolute Gasteiger partial charge is 0.350 e. The second-order valence-corrected chi connectivity index (χ2v) is 5.56. The molecule has 5 nitrogen and oxygen atoms in total. The van der Waals surface area contributed by atoms with Gasteiger partial charge in [0.2, 0.25) is 0 Å². The summed E-state index contributed by atoms with van der Waals surface area (Å²) in [6.07, 6.45) is 0. The van der Waals surface area contributed by atoms with Crippen molar-refractivity contribution in [2.45, 2.75) is 6.92 Å². The molecule has 0 saturated heterocycles. The lowest BCUT2D eigenvalue weighted by Gasteiger charge is -2.11. The summed E-state index contributed by atoms with van der Waals surface area (Å²) in [5.41, 5.74) is 1.77. The number of anilines is 1. The number of thiophene rings is 1. The number of hydrogen-bond acceptors (Lipinski definition) is 6. The van der Waals surface area contributed by atoms with Gasteiger partial charge in [-0.2, -0.15) is 0 Å². The summed E-state index contributed by atoms with van der Waals surface area (Å²) in [4.78, 5) is 12.4. The monoisotopic (exact) mass is 323 g/mol. The number of nitrogens with one attached hydrogen (secondary N) is 1. The Balaban J connectivity index is 2.32. The van der Waals surface area contributed by atoms with E-state index in [0.717, 1.165) is 5.56 Å². The second kappa shape index (κ2) is 6.11. The van der Waals surface area contributed by atoms with Crippen LogP contribution in [0, 0.1) is 6.92 Å². The van der Waals surface area contributed by atoms with Gasteiger partial charge in [0.25, 0.3) is 0 Å². The van der Waals surface area contributed by atoms with Gasteiger partial charge in [-0.15, -0.1) is 11.3 Å². The first-order valence-electron chi connectivity index (χ1n) is 5.93. The lowest BCUT2D eigenvalue weighted by molar-refractivity contribution is 0.0607. The Labute approximate surface area is 130 Å². The predicted octanol–water partition coefficient (Wildman–Crippen LogP) is 3.04. The molecule has 1 heterocycles. The van der Waals surface area contributed by atoms with E-state index in [4.69, 9.17) is 17.0 Å². The molecule has 0 unspecified atom stereocenters. The summed E-state index contributed by atoms with van der Waals surface area (Å²) in [6.45, 7) is 1.84. The SMILES string of the molecule is COC(=O)c1scc(C)c1NC(=S)c1ccc(O)cc1O. The number of methoxy groups -OCH3 is 1. The topological polar surface area (TPSA) is 78.8 Å². The number of phenolic OH excluding ortho intramolecular Hbond substituents is 2. The van der Waals surface area contributed by atoms with E-state index in [1.54, 1.807) is 0 Å². The molecule has 0 saturated carbocycles. The first-order chi connectivity index (χ1) is 9.93. The Morgan fingerprint density at radius 3 is 2.71 bits per heavy atom. The van der Waals surface area contributed by atoms with E-state index in [9.17, 15) is 15.0 Å². The zero-order chi connectivity index (χ0) is 15.6. The van der Waals surface area contributed by atoms with Crippen LogP contribution in [0.2, 0.25) is 0 Å². The Bertz CT molecular complexity index is 709. The lowest BCUT2D eigenvalue weighted by atomic mass is 10.1. The van der Waals surface area contributed by atoms with Crippen LogP contribution < -0.4 is 5.32 Å². The number of aryl methyl sites for hydroxylation is 1. The van der Waals surface area contributed by atoms with Crippen molar-refractivity contribution in [3.63, 3.8) is 0 Å². The minimum absolute atomic E-state index is 0.0546. The van der Waals surface area contributed by atoms with Crippen molar-refractivity contribution in [1.82, 2.24) is 0 Å². The van der Waals surface area contributed by atoms with E-state index < -0.39 is 5.97 Å². The fraction of sp³-hybridized carbons (Fsp3) is 0.143. The third kappa shape index (κ3) is 3.14. The van der Waals surface area contributed by atoms with Crippen LogP contribution in [0.4, 0.5) is 5.69 Å². The van der Waals surface area contributed by atoms with Crippen molar-refractivity contribution in [1.29, 1.82) is 0 Å². The largest absolute Gasteiger partial charge is 0.508 e. The van der Waals surface area contributed by atoms with Crippen LogP contribution in [0.1, 0.15) is 20.8 Å². The van der Waals surface area contributed by atoms with Gasteiger partial charge in [0.1, 0.15) is 21.4 Å².